The predicted octanol–water partition coefficient (Wildman–Crippen LogP) is 7.45. The molecule has 2 aliphatic rings. The number of carbonyl (C=O) groups excluding carboxylic acids is 1. The molecule has 5 rings (SSSR count). The van der Waals surface area contributed by atoms with Crippen LogP contribution in [0.4, 0.5) is 8.78 Å². The van der Waals surface area contributed by atoms with Gasteiger partial charge >= 0.3 is 0 Å². The van der Waals surface area contributed by atoms with E-state index in [0.29, 0.717) is 5.02 Å². The zero-order chi connectivity index (χ0) is 24.4. The monoisotopic (exact) mass is 488 g/mol. The average Bonchev–Trinajstić information content (AvgIpc) is 3.26. The van der Waals surface area contributed by atoms with Crippen LogP contribution < -0.4 is 0 Å². The van der Waals surface area contributed by atoms with Crippen LogP contribution in [0.15, 0.2) is 89.5 Å². The van der Waals surface area contributed by atoms with E-state index in [1.54, 1.807) is 42.5 Å². The summed E-state index contributed by atoms with van der Waals surface area (Å²) in [6.07, 6.45) is 7.89. The first-order chi connectivity index (χ1) is 17.0. The van der Waals surface area contributed by atoms with Crippen LogP contribution in [-0.4, -0.2) is 16.6 Å². The Bertz CT molecular complexity index is 1310. The van der Waals surface area contributed by atoms with Crippen LogP contribution >= 0.6 is 11.6 Å². The molecular weight excluding hydrogens is 466 g/mol. The zero-order valence-corrected chi connectivity index (χ0v) is 19.6. The zero-order valence-electron chi connectivity index (χ0n) is 18.9. The molecule has 1 aliphatic carbocycles. The molecule has 35 heavy (non-hydrogen) atoms. The van der Waals surface area contributed by atoms with Crippen molar-refractivity contribution in [3.63, 3.8) is 0 Å². The highest BCUT2D eigenvalue weighted by Gasteiger charge is 2.43. The van der Waals surface area contributed by atoms with Gasteiger partial charge in [-0.05, 0) is 90.1 Å². The molecule has 176 valence electrons. The Morgan fingerprint density at radius 3 is 2.23 bits per heavy atom. The molecule has 1 aliphatic heterocycles. The van der Waals surface area contributed by atoms with Crippen LogP contribution in [0.1, 0.15) is 42.0 Å². The van der Waals surface area contributed by atoms with E-state index in [1.165, 1.54) is 35.4 Å². The highest BCUT2D eigenvalue weighted by Crippen LogP contribution is 2.44. The minimum atomic E-state index is -0.329. The molecule has 1 saturated carbocycles. The Morgan fingerprint density at radius 2 is 1.54 bits per heavy atom. The highest BCUT2D eigenvalue weighted by molar-refractivity contribution is 6.30. The van der Waals surface area contributed by atoms with Crippen LogP contribution in [0.3, 0.4) is 0 Å². The summed E-state index contributed by atoms with van der Waals surface area (Å²) in [4.78, 5) is 13.4. The lowest BCUT2D eigenvalue weighted by Crippen LogP contribution is -2.31. The number of amides is 1. The van der Waals surface area contributed by atoms with Crippen molar-refractivity contribution < 1.29 is 13.6 Å². The molecule has 2 atom stereocenters. The molecule has 0 N–H and O–H groups in total. The van der Waals surface area contributed by atoms with Crippen molar-refractivity contribution in [3.05, 3.63) is 118 Å². The van der Waals surface area contributed by atoms with Crippen LogP contribution in [0.25, 0.3) is 12.2 Å². The quantitative estimate of drug-likeness (QED) is 0.351. The molecule has 0 bridgehead atoms. The summed E-state index contributed by atoms with van der Waals surface area (Å²) in [6, 6.07) is 19.5. The lowest BCUT2D eigenvalue weighted by atomic mass is 9.77. The van der Waals surface area contributed by atoms with Crippen molar-refractivity contribution in [1.82, 2.24) is 5.01 Å². The minimum Gasteiger partial charge on any atom is -0.268 e. The molecule has 0 saturated heterocycles. The van der Waals surface area contributed by atoms with Crippen LogP contribution in [0.5, 0.6) is 0 Å². The van der Waals surface area contributed by atoms with E-state index >= 15 is 0 Å². The van der Waals surface area contributed by atoms with Gasteiger partial charge < -0.3 is 0 Å². The first-order valence-electron chi connectivity index (χ1n) is 11.6. The first kappa shape index (κ1) is 23.2. The molecule has 6 heteroatoms. The van der Waals surface area contributed by atoms with Gasteiger partial charge in [0.05, 0.1) is 11.8 Å². The molecule has 3 aromatic carbocycles. The summed E-state index contributed by atoms with van der Waals surface area (Å²) in [5.41, 5.74) is 4.48. The second kappa shape index (κ2) is 9.96. The van der Waals surface area contributed by atoms with E-state index in [9.17, 15) is 13.6 Å². The summed E-state index contributed by atoms with van der Waals surface area (Å²) in [5.74, 6) is -0.868. The number of hydrogen-bond donors (Lipinski definition) is 0. The van der Waals surface area contributed by atoms with Crippen molar-refractivity contribution in [3.8, 4) is 0 Å². The van der Waals surface area contributed by atoms with E-state index in [1.807, 2.05) is 18.2 Å². The summed E-state index contributed by atoms with van der Waals surface area (Å²) in [6.45, 7) is 0. The van der Waals surface area contributed by atoms with Gasteiger partial charge in [0.1, 0.15) is 11.6 Å². The second-order valence-electron chi connectivity index (χ2n) is 8.77. The molecule has 3 nitrogen and oxygen atoms in total. The Morgan fingerprint density at radius 1 is 0.914 bits per heavy atom. The molecule has 3 aromatic rings. The predicted molar refractivity (Wildman–Crippen MR) is 136 cm³/mol. The summed E-state index contributed by atoms with van der Waals surface area (Å²) in [7, 11) is 0. The average molecular weight is 489 g/mol. The molecule has 1 fully saturated rings. The summed E-state index contributed by atoms with van der Waals surface area (Å²) in [5, 5.41) is 6.95. The van der Waals surface area contributed by atoms with Crippen LogP contribution in [0.2, 0.25) is 5.02 Å². The van der Waals surface area contributed by atoms with Gasteiger partial charge in [0.2, 0.25) is 0 Å². The van der Waals surface area contributed by atoms with Crippen molar-refractivity contribution in [2.24, 2.45) is 11.0 Å². The standard InChI is InChI=1S/C29H23ClF2N2O/c30-23-11-4-19(5-12-23)8-17-27(35)34-29(21-9-15-25(32)16-10-21)26-3-1-2-22(28(26)33-34)18-20-6-13-24(31)14-7-20/h4-18,26,29H,1-3H2. The third kappa shape index (κ3) is 5.10. The van der Waals surface area contributed by atoms with Gasteiger partial charge in [-0.2, -0.15) is 5.10 Å². The lowest BCUT2D eigenvalue weighted by Gasteiger charge is -2.29. The summed E-state index contributed by atoms with van der Waals surface area (Å²) >= 11 is 5.96. The van der Waals surface area contributed by atoms with Gasteiger partial charge in [-0.15, -0.1) is 0 Å². The Hall–Kier alpha value is -3.57. The van der Waals surface area contributed by atoms with Crippen LogP contribution in [0, 0.1) is 17.6 Å². The van der Waals surface area contributed by atoms with Crippen molar-refractivity contribution in [2.45, 2.75) is 25.3 Å². The van der Waals surface area contributed by atoms with Crippen molar-refractivity contribution in [2.75, 3.05) is 0 Å². The molecule has 0 spiro atoms. The Kier molecular flexibility index (Phi) is 6.60. The van der Waals surface area contributed by atoms with Gasteiger partial charge in [0, 0.05) is 17.0 Å². The van der Waals surface area contributed by atoms with E-state index in [2.05, 4.69) is 0 Å². The van der Waals surface area contributed by atoms with Gasteiger partial charge in [-0.25, -0.2) is 13.8 Å². The van der Waals surface area contributed by atoms with E-state index in [4.69, 9.17) is 16.7 Å². The third-order valence-electron chi connectivity index (χ3n) is 6.44. The summed E-state index contributed by atoms with van der Waals surface area (Å²) < 4.78 is 27.0. The first-order valence-corrected chi connectivity index (χ1v) is 11.9. The Balaban J connectivity index is 1.50. The van der Waals surface area contributed by atoms with E-state index in [-0.39, 0.29) is 29.5 Å². The SMILES string of the molecule is O=C(C=Cc1ccc(Cl)cc1)N1N=C2C(=Cc3ccc(F)cc3)CCCC2C1c1ccc(F)cc1. The fourth-order valence-corrected chi connectivity index (χ4v) is 4.88. The number of carbonyl (C=O) groups is 1. The molecule has 2 unspecified atom stereocenters. The number of benzene rings is 3. The molecule has 0 aromatic heterocycles. The fourth-order valence-electron chi connectivity index (χ4n) is 4.75. The molecular formula is C29H23ClF2N2O. The number of halogens is 3. The Labute approximate surface area is 208 Å². The maximum atomic E-state index is 13.7. The normalized spacial score (nSPS) is 20.8. The number of hydrazone groups is 1. The van der Waals surface area contributed by atoms with Crippen LogP contribution in [-0.2, 0) is 4.79 Å². The maximum Gasteiger partial charge on any atom is 0.267 e. The molecule has 1 heterocycles. The highest BCUT2D eigenvalue weighted by atomic mass is 35.5. The van der Waals surface area contributed by atoms with E-state index in [0.717, 1.165) is 47.2 Å². The van der Waals surface area contributed by atoms with Gasteiger partial charge in [0.15, 0.2) is 0 Å². The molecule has 0 radical (unpaired) electrons. The van der Waals surface area contributed by atoms with Crippen molar-refractivity contribution in [1.29, 1.82) is 0 Å². The number of rotatable bonds is 4. The number of nitrogens with zero attached hydrogens (tertiary/aromatic N) is 2. The fraction of sp³-hybridized carbons (Fsp3) is 0.172. The van der Waals surface area contributed by atoms with Gasteiger partial charge in [-0.3, -0.25) is 4.79 Å². The van der Waals surface area contributed by atoms with Crippen molar-refractivity contribution >= 4 is 35.4 Å². The maximum absolute atomic E-state index is 13.7. The van der Waals surface area contributed by atoms with Gasteiger partial charge in [0.25, 0.3) is 5.91 Å². The second-order valence-corrected chi connectivity index (χ2v) is 9.21. The van der Waals surface area contributed by atoms with Gasteiger partial charge in [-0.1, -0.05) is 48.0 Å². The third-order valence-corrected chi connectivity index (χ3v) is 6.69. The number of allylic oxidation sites excluding steroid dienone is 1. The van der Waals surface area contributed by atoms with E-state index < -0.39 is 0 Å². The lowest BCUT2D eigenvalue weighted by molar-refractivity contribution is -0.128. The number of fused-ring (bicyclic) bond motifs is 1. The smallest absolute Gasteiger partial charge is 0.267 e. The topological polar surface area (TPSA) is 32.7 Å². The number of hydrogen-bond acceptors (Lipinski definition) is 2. The minimum absolute atomic E-state index is 0.00575. The molecule has 1 amide bonds. The largest absolute Gasteiger partial charge is 0.268 e.